The average Bonchev–Trinajstić information content (AvgIpc) is 3.17. The lowest BCUT2D eigenvalue weighted by molar-refractivity contribution is -0.108. The van der Waals surface area contributed by atoms with E-state index in [1.54, 1.807) is 0 Å². The first-order valence-electron chi connectivity index (χ1n) is 14.4. The van der Waals surface area contributed by atoms with E-state index in [1.807, 2.05) is 59.0 Å². The van der Waals surface area contributed by atoms with Gasteiger partial charge in [0.25, 0.3) is 5.91 Å². The third-order valence-corrected chi connectivity index (χ3v) is 7.21. The minimum absolute atomic E-state index is 0.115. The van der Waals surface area contributed by atoms with Crippen LogP contribution in [0.3, 0.4) is 0 Å². The van der Waals surface area contributed by atoms with Gasteiger partial charge in [-0.2, -0.15) is 0 Å². The maximum Gasteiger partial charge on any atom is 0.251 e. The number of hydrogen-bond donors (Lipinski definition) is 3. The van der Waals surface area contributed by atoms with Gasteiger partial charge in [-0.15, -0.1) is 0 Å². The molecule has 0 radical (unpaired) electrons. The van der Waals surface area contributed by atoms with Gasteiger partial charge in [-0.25, -0.2) is 4.98 Å². The molecule has 1 saturated heterocycles. The van der Waals surface area contributed by atoms with Gasteiger partial charge in [-0.3, -0.25) is 9.59 Å². The Morgan fingerprint density at radius 3 is 2.60 bits per heavy atom. The predicted octanol–water partition coefficient (Wildman–Crippen LogP) is 5.00. The SMILES string of the molecule is C/C(=C/C(C)=C(\C)CNC(=O)c1cc2c(c(-c3ccc(N4CCNCC4)nc3)c1)OC(C)CCC2)NC=O.CC. The zero-order valence-electron chi connectivity index (χ0n) is 24.9. The summed E-state index contributed by atoms with van der Waals surface area (Å²) in [6, 6.07) is 8.04. The summed E-state index contributed by atoms with van der Waals surface area (Å²) in [4.78, 5) is 31.0. The maximum atomic E-state index is 13.3. The summed E-state index contributed by atoms with van der Waals surface area (Å²) in [5.41, 5.74) is 6.29. The quantitative estimate of drug-likeness (QED) is 0.318. The Balaban J connectivity index is 0.00000216. The molecule has 0 saturated carbocycles. The van der Waals surface area contributed by atoms with Crippen LogP contribution >= 0.6 is 0 Å². The molecule has 2 aliphatic heterocycles. The number of ether oxygens (including phenoxy) is 1. The highest BCUT2D eigenvalue weighted by atomic mass is 16.5. The molecule has 1 aromatic carbocycles. The second-order valence-electron chi connectivity index (χ2n) is 10.2. The third-order valence-electron chi connectivity index (χ3n) is 7.21. The number of aryl methyl sites for hydroxylation is 1. The first kappa shape index (κ1) is 30.9. The molecular weight excluding hydrogens is 502 g/mol. The molecule has 3 N–H and O–H groups in total. The minimum atomic E-state index is -0.129. The van der Waals surface area contributed by atoms with Crippen molar-refractivity contribution in [2.45, 2.75) is 66.9 Å². The van der Waals surface area contributed by atoms with Crippen LogP contribution in [-0.4, -0.2) is 56.1 Å². The van der Waals surface area contributed by atoms with E-state index in [1.165, 1.54) is 0 Å². The fourth-order valence-electron chi connectivity index (χ4n) is 4.86. The van der Waals surface area contributed by atoms with E-state index in [2.05, 4.69) is 39.9 Å². The smallest absolute Gasteiger partial charge is 0.251 e. The number of nitrogens with zero attached hydrogens (tertiary/aromatic N) is 2. The molecule has 2 aromatic rings. The minimum Gasteiger partial charge on any atom is -0.490 e. The van der Waals surface area contributed by atoms with Crippen molar-refractivity contribution in [2.24, 2.45) is 0 Å². The molecule has 2 aliphatic rings. The van der Waals surface area contributed by atoms with Gasteiger partial charge in [0.2, 0.25) is 6.41 Å². The molecule has 1 fully saturated rings. The molecule has 8 heteroatoms. The van der Waals surface area contributed by atoms with Crippen molar-refractivity contribution in [1.29, 1.82) is 0 Å². The number of carbonyl (C=O) groups is 2. The molecule has 3 heterocycles. The number of amides is 2. The average molecular weight is 548 g/mol. The number of hydrogen-bond acceptors (Lipinski definition) is 6. The van der Waals surface area contributed by atoms with Crippen LogP contribution in [0.5, 0.6) is 5.75 Å². The molecule has 2 amide bonds. The Bertz CT molecular complexity index is 1210. The number of nitrogens with one attached hydrogen (secondary N) is 3. The van der Waals surface area contributed by atoms with Crippen LogP contribution < -0.4 is 25.6 Å². The summed E-state index contributed by atoms with van der Waals surface area (Å²) in [6.45, 7) is 16.1. The molecule has 1 aromatic heterocycles. The highest BCUT2D eigenvalue weighted by molar-refractivity contribution is 5.96. The third kappa shape index (κ3) is 8.18. The first-order chi connectivity index (χ1) is 19.4. The first-order valence-corrected chi connectivity index (χ1v) is 14.4. The number of pyridine rings is 1. The molecule has 216 valence electrons. The molecule has 1 atom stereocenters. The van der Waals surface area contributed by atoms with Crippen LogP contribution in [0, 0.1) is 0 Å². The van der Waals surface area contributed by atoms with Crippen molar-refractivity contribution >= 4 is 18.1 Å². The van der Waals surface area contributed by atoms with E-state index in [0.29, 0.717) is 18.5 Å². The standard InChI is InChI=1S/C30H39N5O3.C2H6/c1-20(14-22(3)34-19-36)21(2)17-33-30(37)26-15-24-7-5-6-23(4)38-29(24)27(16-26)25-8-9-28(32-18-25)35-12-10-31-11-13-35;1-2/h8-9,14-16,18-19,23,31H,5-7,10-13,17H2,1-4H3,(H,33,37)(H,34,36);1-2H3/b21-20+,22-14-;. The molecule has 4 rings (SSSR count). The second-order valence-corrected chi connectivity index (χ2v) is 10.2. The fraction of sp³-hybridized carbons (Fsp3) is 0.469. The van der Waals surface area contributed by atoms with E-state index in [0.717, 1.165) is 90.5 Å². The topological polar surface area (TPSA) is 95.6 Å². The zero-order chi connectivity index (χ0) is 29.1. The molecule has 1 unspecified atom stereocenters. The van der Waals surface area contributed by atoms with E-state index >= 15 is 0 Å². The molecule has 0 bridgehead atoms. The van der Waals surface area contributed by atoms with Gasteiger partial charge in [0.1, 0.15) is 11.6 Å². The van der Waals surface area contributed by atoms with Gasteiger partial charge >= 0.3 is 0 Å². The molecule has 8 nitrogen and oxygen atoms in total. The number of aromatic nitrogens is 1. The van der Waals surface area contributed by atoms with Gasteiger partial charge in [0.15, 0.2) is 0 Å². The number of carbonyl (C=O) groups excluding carboxylic acids is 2. The van der Waals surface area contributed by atoms with Gasteiger partial charge in [0.05, 0.1) is 6.10 Å². The molecule has 0 aliphatic carbocycles. The van der Waals surface area contributed by atoms with E-state index in [9.17, 15) is 9.59 Å². The zero-order valence-corrected chi connectivity index (χ0v) is 24.9. The normalized spacial score (nSPS) is 17.7. The Labute approximate surface area is 239 Å². The summed E-state index contributed by atoms with van der Waals surface area (Å²) < 4.78 is 6.39. The predicted molar refractivity (Wildman–Crippen MR) is 163 cm³/mol. The Hall–Kier alpha value is -3.65. The van der Waals surface area contributed by atoms with Crippen LogP contribution in [0.4, 0.5) is 5.82 Å². The van der Waals surface area contributed by atoms with Crippen molar-refractivity contribution in [2.75, 3.05) is 37.6 Å². The summed E-state index contributed by atoms with van der Waals surface area (Å²) in [5, 5.41) is 9.08. The maximum absolute atomic E-state index is 13.3. The summed E-state index contributed by atoms with van der Waals surface area (Å²) in [6.07, 6.45) is 7.42. The Kier molecular flexibility index (Phi) is 11.8. The van der Waals surface area contributed by atoms with Crippen molar-refractivity contribution in [1.82, 2.24) is 20.9 Å². The van der Waals surface area contributed by atoms with Crippen molar-refractivity contribution in [3.8, 4) is 16.9 Å². The van der Waals surface area contributed by atoms with Crippen LogP contribution in [0.2, 0.25) is 0 Å². The van der Waals surface area contributed by atoms with Gasteiger partial charge in [-0.05, 0) is 88.4 Å². The number of anilines is 1. The number of benzene rings is 1. The lowest BCUT2D eigenvalue weighted by atomic mass is 9.96. The van der Waals surface area contributed by atoms with E-state index in [-0.39, 0.29) is 12.0 Å². The van der Waals surface area contributed by atoms with Gasteiger partial charge in [-0.1, -0.05) is 19.4 Å². The largest absolute Gasteiger partial charge is 0.490 e. The summed E-state index contributed by atoms with van der Waals surface area (Å²) in [7, 11) is 0. The fourth-order valence-corrected chi connectivity index (χ4v) is 4.86. The van der Waals surface area contributed by atoms with E-state index in [4.69, 9.17) is 9.72 Å². The Morgan fingerprint density at radius 1 is 1.18 bits per heavy atom. The lowest BCUT2D eigenvalue weighted by Crippen LogP contribution is -2.43. The highest BCUT2D eigenvalue weighted by Crippen LogP contribution is 2.38. The number of piperazine rings is 1. The summed E-state index contributed by atoms with van der Waals surface area (Å²) >= 11 is 0. The lowest BCUT2D eigenvalue weighted by Gasteiger charge is -2.28. The van der Waals surface area contributed by atoms with Crippen LogP contribution in [0.15, 0.2) is 53.4 Å². The number of allylic oxidation sites excluding steroid dienone is 3. The number of fused-ring (bicyclic) bond motifs is 1. The van der Waals surface area contributed by atoms with Crippen molar-refractivity contribution < 1.29 is 14.3 Å². The van der Waals surface area contributed by atoms with Crippen molar-refractivity contribution in [3.05, 3.63) is 64.5 Å². The van der Waals surface area contributed by atoms with Gasteiger partial charge in [0, 0.05) is 61.3 Å². The monoisotopic (exact) mass is 547 g/mol. The number of rotatable bonds is 8. The second kappa shape index (κ2) is 15.2. The van der Waals surface area contributed by atoms with E-state index < -0.39 is 0 Å². The van der Waals surface area contributed by atoms with Gasteiger partial charge < -0.3 is 25.6 Å². The Morgan fingerprint density at radius 2 is 1.93 bits per heavy atom. The highest BCUT2D eigenvalue weighted by Gasteiger charge is 2.22. The van der Waals surface area contributed by atoms with Crippen molar-refractivity contribution in [3.63, 3.8) is 0 Å². The van der Waals surface area contributed by atoms with Crippen LogP contribution in [-0.2, 0) is 11.2 Å². The van der Waals surface area contributed by atoms with Crippen LogP contribution in [0.1, 0.15) is 70.3 Å². The molecule has 0 spiro atoms. The van der Waals surface area contributed by atoms with Crippen LogP contribution in [0.25, 0.3) is 11.1 Å². The molecule has 40 heavy (non-hydrogen) atoms. The molecular formula is C32H45N5O3. The summed E-state index contributed by atoms with van der Waals surface area (Å²) in [5.74, 6) is 1.70.